The number of halogens is 1. The Morgan fingerprint density at radius 1 is 1.53 bits per heavy atom. The average Bonchev–Trinajstić information content (AvgIpc) is 2.15. The van der Waals surface area contributed by atoms with Crippen LogP contribution in [0.4, 0.5) is 5.69 Å². The van der Waals surface area contributed by atoms with Gasteiger partial charge in [0.05, 0.1) is 5.02 Å². The predicted molar refractivity (Wildman–Crippen MR) is 60.1 cm³/mol. The van der Waals surface area contributed by atoms with Gasteiger partial charge < -0.3 is 15.4 Å². The molecule has 82 valence electrons. The number of nitrogen functional groups attached to an aromatic ring is 1. The van der Waals surface area contributed by atoms with Crippen molar-refractivity contribution >= 4 is 23.2 Å². The standard InChI is InChI=1S/C10H13ClN2O2/c1-13(2)10(14)6-15-9-4-3-7(12)5-8(9)11/h3-5H,6,12H2,1-2H3. The zero-order chi connectivity index (χ0) is 11.4. The van der Waals surface area contributed by atoms with Crippen molar-refractivity contribution in [2.24, 2.45) is 0 Å². The van der Waals surface area contributed by atoms with Gasteiger partial charge in [-0.1, -0.05) is 11.6 Å². The van der Waals surface area contributed by atoms with Crippen molar-refractivity contribution in [2.75, 3.05) is 26.4 Å². The SMILES string of the molecule is CN(C)C(=O)COc1ccc(N)cc1Cl. The normalized spacial score (nSPS) is 9.80. The van der Waals surface area contributed by atoms with E-state index in [1.54, 1.807) is 32.3 Å². The van der Waals surface area contributed by atoms with E-state index in [4.69, 9.17) is 22.1 Å². The lowest BCUT2D eigenvalue weighted by molar-refractivity contribution is -0.130. The molecule has 15 heavy (non-hydrogen) atoms. The lowest BCUT2D eigenvalue weighted by Crippen LogP contribution is -2.27. The van der Waals surface area contributed by atoms with Crippen molar-refractivity contribution < 1.29 is 9.53 Å². The maximum Gasteiger partial charge on any atom is 0.259 e. The monoisotopic (exact) mass is 228 g/mol. The number of amides is 1. The molecule has 2 N–H and O–H groups in total. The van der Waals surface area contributed by atoms with Gasteiger partial charge in [-0.2, -0.15) is 0 Å². The summed E-state index contributed by atoms with van der Waals surface area (Å²) in [5.41, 5.74) is 6.08. The van der Waals surface area contributed by atoms with Crippen molar-refractivity contribution in [1.29, 1.82) is 0 Å². The molecule has 1 aromatic rings. The number of anilines is 1. The average molecular weight is 229 g/mol. The van der Waals surface area contributed by atoms with E-state index < -0.39 is 0 Å². The van der Waals surface area contributed by atoms with Crippen LogP contribution in [0, 0.1) is 0 Å². The number of likely N-dealkylation sites (N-methyl/N-ethyl adjacent to an activating group) is 1. The zero-order valence-corrected chi connectivity index (χ0v) is 9.41. The Morgan fingerprint density at radius 3 is 2.73 bits per heavy atom. The number of hydrogen-bond acceptors (Lipinski definition) is 3. The first-order chi connectivity index (χ1) is 7.00. The lowest BCUT2D eigenvalue weighted by Gasteiger charge is -2.12. The first kappa shape index (κ1) is 11.7. The second kappa shape index (κ2) is 4.89. The molecular formula is C10H13ClN2O2. The molecule has 0 atom stereocenters. The summed E-state index contributed by atoms with van der Waals surface area (Å²) in [6.07, 6.45) is 0. The topological polar surface area (TPSA) is 55.6 Å². The van der Waals surface area contributed by atoms with Crippen LogP contribution in [0.5, 0.6) is 5.75 Å². The van der Waals surface area contributed by atoms with Crippen molar-refractivity contribution in [2.45, 2.75) is 0 Å². The summed E-state index contributed by atoms with van der Waals surface area (Å²) in [6.45, 7) is -0.0311. The van der Waals surface area contributed by atoms with Crippen molar-refractivity contribution in [3.63, 3.8) is 0 Å². The lowest BCUT2D eigenvalue weighted by atomic mass is 10.3. The highest BCUT2D eigenvalue weighted by atomic mass is 35.5. The highest BCUT2D eigenvalue weighted by molar-refractivity contribution is 6.32. The minimum Gasteiger partial charge on any atom is -0.482 e. The van der Waals surface area contributed by atoms with E-state index in [1.807, 2.05) is 0 Å². The van der Waals surface area contributed by atoms with Gasteiger partial charge in [0.2, 0.25) is 0 Å². The fourth-order valence-corrected chi connectivity index (χ4v) is 1.15. The summed E-state index contributed by atoms with van der Waals surface area (Å²) in [5, 5.41) is 0.404. The highest BCUT2D eigenvalue weighted by Crippen LogP contribution is 2.26. The van der Waals surface area contributed by atoms with Crippen molar-refractivity contribution in [1.82, 2.24) is 4.90 Å². The highest BCUT2D eigenvalue weighted by Gasteiger charge is 2.07. The largest absolute Gasteiger partial charge is 0.482 e. The van der Waals surface area contributed by atoms with E-state index in [-0.39, 0.29) is 12.5 Å². The quantitative estimate of drug-likeness (QED) is 0.796. The Labute approximate surface area is 93.6 Å². The molecule has 0 saturated heterocycles. The summed E-state index contributed by atoms with van der Waals surface area (Å²) < 4.78 is 5.24. The number of nitrogens with zero attached hydrogens (tertiary/aromatic N) is 1. The van der Waals surface area contributed by atoms with E-state index in [9.17, 15) is 4.79 Å². The van der Waals surface area contributed by atoms with Gasteiger partial charge in [0.25, 0.3) is 5.91 Å². The number of carbonyl (C=O) groups excluding carboxylic acids is 1. The van der Waals surface area contributed by atoms with Gasteiger partial charge >= 0.3 is 0 Å². The molecule has 5 heteroatoms. The summed E-state index contributed by atoms with van der Waals surface area (Å²) in [5.74, 6) is 0.337. The predicted octanol–water partition coefficient (Wildman–Crippen LogP) is 1.39. The van der Waals surface area contributed by atoms with Gasteiger partial charge in [-0.05, 0) is 18.2 Å². The maximum absolute atomic E-state index is 11.2. The summed E-state index contributed by atoms with van der Waals surface area (Å²) in [7, 11) is 3.33. The second-order valence-corrected chi connectivity index (χ2v) is 3.67. The Hall–Kier alpha value is -1.42. The van der Waals surface area contributed by atoms with Crippen LogP contribution in [0.1, 0.15) is 0 Å². The van der Waals surface area contributed by atoms with Crippen LogP contribution in [-0.2, 0) is 4.79 Å². The zero-order valence-electron chi connectivity index (χ0n) is 8.66. The number of rotatable bonds is 3. The molecule has 0 bridgehead atoms. The van der Waals surface area contributed by atoms with Crippen molar-refractivity contribution in [3.05, 3.63) is 23.2 Å². The van der Waals surface area contributed by atoms with E-state index in [1.165, 1.54) is 4.90 Å². The number of carbonyl (C=O) groups is 1. The summed E-state index contributed by atoms with van der Waals surface area (Å²) >= 11 is 5.86. The van der Waals surface area contributed by atoms with E-state index in [0.717, 1.165) is 0 Å². The summed E-state index contributed by atoms with van der Waals surface area (Å²) in [4.78, 5) is 12.7. The van der Waals surface area contributed by atoms with Crippen LogP contribution in [0.3, 0.4) is 0 Å². The minimum atomic E-state index is -0.122. The van der Waals surface area contributed by atoms with Crippen molar-refractivity contribution in [3.8, 4) is 5.75 Å². The number of nitrogens with two attached hydrogens (primary N) is 1. The van der Waals surface area contributed by atoms with Gasteiger partial charge in [0.15, 0.2) is 6.61 Å². The van der Waals surface area contributed by atoms with Gasteiger partial charge in [-0.15, -0.1) is 0 Å². The minimum absolute atomic E-state index is 0.0311. The molecule has 0 aliphatic heterocycles. The van der Waals surface area contributed by atoms with Crippen LogP contribution in [0.25, 0.3) is 0 Å². The van der Waals surface area contributed by atoms with E-state index in [0.29, 0.717) is 16.5 Å². The van der Waals surface area contributed by atoms with E-state index >= 15 is 0 Å². The van der Waals surface area contributed by atoms with E-state index in [2.05, 4.69) is 0 Å². The third-order valence-corrected chi connectivity index (χ3v) is 2.10. The fraction of sp³-hybridized carbons (Fsp3) is 0.300. The van der Waals surface area contributed by atoms with Gasteiger partial charge in [0.1, 0.15) is 5.75 Å². The molecule has 0 aliphatic rings. The third kappa shape index (κ3) is 3.32. The summed E-state index contributed by atoms with van der Waals surface area (Å²) in [6, 6.07) is 4.89. The maximum atomic E-state index is 11.2. The molecule has 0 aliphatic carbocycles. The molecule has 0 unspecified atom stereocenters. The Kier molecular flexibility index (Phi) is 3.80. The number of ether oxygens (including phenoxy) is 1. The molecule has 0 saturated carbocycles. The second-order valence-electron chi connectivity index (χ2n) is 3.27. The molecular weight excluding hydrogens is 216 g/mol. The molecule has 1 aromatic carbocycles. The van der Waals surface area contributed by atoms with Gasteiger partial charge in [-0.25, -0.2) is 0 Å². The first-order valence-electron chi connectivity index (χ1n) is 4.38. The van der Waals surface area contributed by atoms with Crippen LogP contribution in [0.15, 0.2) is 18.2 Å². The van der Waals surface area contributed by atoms with Crippen LogP contribution >= 0.6 is 11.6 Å². The molecule has 0 heterocycles. The number of benzene rings is 1. The van der Waals surface area contributed by atoms with Gasteiger partial charge in [0, 0.05) is 19.8 Å². The number of hydrogen-bond donors (Lipinski definition) is 1. The van der Waals surface area contributed by atoms with Crippen LogP contribution in [-0.4, -0.2) is 31.5 Å². The molecule has 0 spiro atoms. The Morgan fingerprint density at radius 2 is 2.20 bits per heavy atom. The fourth-order valence-electron chi connectivity index (χ4n) is 0.903. The van der Waals surface area contributed by atoms with Gasteiger partial charge in [-0.3, -0.25) is 4.79 Å². The van der Waals surface area contributed by atoms with Crippen LogP contribution < -0.4 is 10.5 Å². The first-order valence-corrected chi connectivity index (χ1v) is 4.76. The Bertz CT molecular complexity index is 366. The molecule has 4 nitrogen and oxygen atoms in total. The molecule has 1 amide bonds. The Balaban J connectivity index is 2.62. The smallest absolute Gasteiger partial charge is 0.259 e. The molecule has 1 rings (SSSR count). The third-order valence-electron chi connectivity index (χ3n) is 1.81. The molecule has 0 fully saturated rings. The van der Waals surface area contributed by atoms with Crippen LogP contribution in [0.2, 0.25) is 5.02 Å². The molecule has 0 aromatic heterocycles. The molecule has 0 radical (unpaired) electrons.